The second-order valence-corrected chi connectivity index (χ2v) is 6.99. The van der Waals surface area contributed by atoms with E-state index in [1.165, 1.54) is 19.1 Å². The second-order valence-electron chi connectivity index (χ2n) is 6.99. The number of benzene rings is 1. The van der Waals surface area contributed by atoms with Gasteiger partial charge >= 0.3 is 12.4 Å². The largest absolute Gasteiger partial charge is 0.442 e. The van der Waals surface area contributed by atoms with Crippen LogP contribution in [0, 0.1) is 0 Å². The van der Waals surface area contributed by atoms with Crippen LogP contribution in [0.2, 0.25) is 0 Å². The van der Waals surface area contributed by atoms with E-state index in [4.69, 9.17) is 0 Å². The summed E-state index contributed by atoms with van der Waals surface area (Å²) in [4.78, 5) is 16.8. The van der Waals surface area contributed by atoms with Crippen LogP contribution in [0.3, 0.4) is 0 Å². The number of amides is 1. The monoisotopic (exact) mass is 457 g/mol. The number of alkyl halides is 6. The van der Waals surface area contributed by atoms with Gasteiger partial charge in [-0.2, -0.15) is 31.4 Å². The van der Waals surface area contributed by atoms with Gasteiger partial charge in [-0.25, -0.2) is 14.5 Å². The molecule has 1 aromatic carbocycles. The molecule has 1 unspecified atom stereocenters. The summed E-state index contributed by atoms with van der Waals surface area (Å²) in [5, 5.41) is 13.4. The molecular weight excluding hydrogens is 444 g/mol. The molecule has 13 heteroatoms. The predicted molar refractivity (Wildman–Crippen MR) is 97.5 cm³/mol. The number of hydrogen-bond acceptors (Lipinski definition) is 5. The summed E-state index contributed by atoms with van der Waals surface area (Å²) in [6, 6.07) is 9.41. The topological polar surface area (TPSA) is 82.8 Å². The van der Waals surface area contributed by atoms with Crippen molar-refractivity contribution in [2.24, 2.45) is 0 Å². The first-order valence-corrected chi connectivity index (χ1v) is 8.94. The molecule has 7 nitrogen and oxygen atoms in total. The highest BCUT2D eigenvalue weighted by Crippen LogP contribution is 2.38. The minimum Gasteiger partial charge on any atom is -0.359 e. The Kier molecular flexibility index (Phi) is 4.69. The Labute approximate surface area is 175 Å². The number of hydrogen-bond donors (Lipinski definition) is 2. The number of rotatable bonds is 2. The van der Waals surface area contributed by atoms with Crippen LogP contribution < -0.4 is 5.43 Å². The van der Waals surface area contributed by atoms with Gasteiger partial charge in [0, 0.05) is 17.3 Å². The molecule has 0 saturated heterocycles. The first kappa shape index (κ1) is 21.6. The number of halogens is 6. The van der Waals surface area contributed by atoms with Gasteiger partial charge in [0.05, 0.1) is 5.69 Å². The number of aliphatic hydroxyl groups is 1. The molecule has 0 spiro atoms. The molecule has 3 heterocycles. The molecule has 2 N–H and O–H groups in total. The summed E-state index contributed by atoms with van der Waals surface area (Å²) in [6.45, 7) is 1.17. The summed E-state index contributed by atoms with van der Waals surface area (Å²) < 4.78 is 81.5. The number of nitrogens with zero attached hydrogens (tertiary/aromatic N) is 4. The van der Waals surface area contributed by atoms with Crippen molar-refractivity contribution in [3.05, 3.63) is 65.6 Å². The average molecular weight is 457 g/mol. The Morgan fingerprint density at radius 2 is 1.75 bits per heavy atom. The zero-order valence-corrected chi connectivity index (χ0v) is 16.0. The van der Waals surface area contributed by atoms with Crippen LogP contribution in [0.15, 0.2) is 54.2 Å². The molecular formula is C19H13F6N5O2. The van der Waals surface area contributed by atoms with Crippen LogP contribution in [0.1, 0.15) is 23.1 Å². The second kappa shape index (κ2) is 6.95. The number of fused-ring (bicyclic) bond motifs is 1. The summed E-state index contributed by atoms with van der Waals surface area (Å²) in [5.74, 6) is -1.50. The van der Waals surface area contributed by atoms with Gasteiger partial charge in [-0.1, -0.05) is 30.3 Å². The summed E-state index contributed by atoms with van der Waals surface area (Å²) in [7, 11) is 0. The lowest BCUT2D eigenvalue weighted by molar-refractivity contribution is -0.283. The van der Waals surface area contributed by atoms with Crippen molar-refractivity contribution < 1.29 is 36.2 Å². The fraction of sp³-hybridized carbons (Fsp3) is 0.211. The molecule has 1 aliphatic heterocycles. The van der Waals surface area contributed by atoms with E-state index >= 15 is 0 Å². The maximum Gasteiger partial charge on any atom is 0.442 e. The normalized spacial score (nSPS) is 19.2. The number of hydrazine groups is 1. The zero-order valence-electron chi connectivity index (χ0n) is 16.0. The van der Waals surface area contributed by atoms with E-state index in [2.05, 4.69) is 15.5 Å². The standard InChI is InChI=1S/C19H13F6N5O2/c1-10-9-17(32,19(23,24)25)30(27-10)16(31)13-8-15-26-12(11-5-3-2-4-6-11)7-14(18(20,21)22)29(15)28-13/h2-9,27,32H,1H3. The Balaban J connectivity index is 1.84. The van der Waals surface area contributed by atoms with Crippen LogP contribution in [0.25, 0.3) is 16.9 Å². The lowest BCUT2D eigenvalue weighted by atomic mass is 10.1. The quantitative estimate of drug-likeness (QED) is 0.576. The molecule has 4 rings (SSSR count). The van der Waals surface area contributed by atoms with Crippen molar-refractivity contribution in [2.45, 2.75) is 25.0 Å². The molecule has 0 saturated carbocycles. The van der Waals surface area contributed by atoms with Crippen LogP contribution in [-0.2, 0) is 6.18 Å². The van der Waals surface area contributed by atoms with E-state index in [1.54, 1.807) is 18.2 Å². The highest BCUT2D eigenvalue weighted by molar-refractivity contribution is 5.94. The van der Waals surface area contributed by atoms with E-state index in [0.29, 0.717) is 16.2 Å². The third-order valence-electron chi connectivity index (χ3n) is 4.67. The molecule has 3 aromatic rings. The fourth-order valence-corrected chi connectivity index (χ4v) is 3.23. The summed E-state index contributed by atoms with van der Waals surface area (Å²) in [6.07, 6.45) is -9.83. The molecule has 0 fully saturated rings. The first-order chi connectivity index (χ1) is 14.8. The van der Waals surface area contributed by atoms with Crippen LogP contribution in [0.5, 0.6) is 0 Å². The van der Waals surface area contributed by atoms with Gasteiger partial charge in [0.1, 0.15) is 0 Å². The fourth-order valence-electron chi connectivity index (χ4n) is 3.23. The molecule has 1 amide bonds. The maximum absolute atomic E-state index is 13.7. The highest BCUT2D eigenvalue weighted by Gasteiger charge is 2.61. The molecule has 1 aliphatic rings. The lowest BCUT2D eigenvalue weighted by Crippen LogP contribution is -2.60. The van der Waals surface area contributed by atoms with Crippen molar-refractivity contribution in [1.82, 2.24) is 25.0 Å². The Morgan fingerprint density at radius 1 is 1.09 bits per heavy atom. The minimum absolute atomic E-state index is 0.0760. The molecule has 1 atom stereocenters. The minimum atomic E-state index is -5.29. The van der Waals surface area contributed by atoms with Crippen LogP contribution in [0.4, 0.5) is 26.3 Å². The Bertz CT molecular complexity index is 1230. The molecule has 2 aromatic heterocycles. The number of nitrogens with one attached hydrogen (secondary N) is 1. The van der Waals surface area contributed by atoms with E-state index in [1.807, 2.05) is 0 Å². The summed E-state index contributed by atoms with van der Waals surface area (Å²) >= 11 is 0. The van der Waals surface area contributed by atoms with Gasteiger partial charge in [-0.15, -0.1) is 0 Å². The van der Waals surface area contributed by atoms with Crippen molar-refractivity contribution in [1.29, 1.82) is 0 Å². The van der Waals surface area contributed by atoms with Gasteiger partial charge < -0.3 is 5.11 Å². The molecule has 168 valence electrons. The molecule has 32 heavy (non-hydrogen) atoms. The van der Waals surface area contributed by atoms with Gasteiger partial charge in [0.25, 0.3) is 11.6 Å². The Morgan fingerprint density at radius 3 is 2.34 bits per heavy atom. The van der Waals surface area contributed by atoms with Crippen LogP contribution >= 0.6 is 0 Å². The van der Waals surface area contributed by atoms with Crippen LogP contribution in [-0.4, -0.2) is 42.5 Å². The number of carbonyl (C=O) groups is 1. The zero-order chi connectivity index (χ0) is 23.5. The molecule has 0 aliphatic carbocycles. The number of carbonyl (C=O) groups excluding carboxylic acids is 1. The van der Waals surface area contributed by atoms with Crippen molar-refractivity contribution in [2.75, 3.05) is 0 Å². The number of allylic oxidation sites excluding steroid dienone is 1. The predicted octanol–water partition coefficient (Wildman–Crippen LogP) is 3.53. The molecule has 0 bridgehead atoms. The van der Waals surface area contributed by atoms with Gasteiger partial charge in [-0.3, -0.25) is 10.2 Å². The highest BCUT2D eigenvalue weighted by atomic mass is 19.4. The van der Waals surface area contributed by atoms with E-state index in [-0.39, 0.29) is 16.4 Å². The van der Waals surface area contributed by atoms with E-state index < -0.39 is 41.0 Å². The third-order valence-corrected chi connectivity index (χ3v) is 4.67. The van der Waals surface area contributed by atoms with Gasteiger partial charge in [0.2, 0.25) is 0 Å². The van der Waals surface area contributed by atoms with Gasteiger partial charge in [0.15, 0.2) is 17.0 Å². The third kappa shape index (κ3) is 3.43. The number of aromatic nitrogens is 3. The maximum atomic E-state index is 13.7. The van der Waals surface area contributed by atoms with Crippen molar-refractivity contribution >= 4 is 11.6 Å². The van der Waals surface area contributed by atoms with E-state index in [9.17, 15) is 36.2 Å². The molecule has 0 radical (unpaired) electrons. The Hall–Kier alpha value is -3.61. The smallest absolute Gasteiger partial charge is 0.359 e. The summed E-state index contributed by atoms with van der Waals surface area (Å²) in [5.41, 5.74) is -4.05. The van der Waals surface area contributed by atoms with Crippen molar-refractivity contribution in [3.8, 4) is 11.3 Å². The van der Waals surface area contributed by atoms with E-state index in [0.717, 1.165) is 12.1 Å². The SMILES string of the molecule is CC1=CC(O)(C(F)(F)F)N(C(=O)c2cc3nc(-c4ccccc4)cc(C(F)(F)F)n3n2)N1. The van der Waals surface area contributed by atoms with Gasteiger partial charge in [-0.05, 0) is 19.1 Å². The average Bonchev–Trinajstić information content (AvgIpc) is 3.27. The van der Waals surface area contributed by atoms with Crippen molar-refractivity contribution in [3.63, 3.8) is 0 Å². The first-order valence-electron chi connectivity index (χ1n) is 8.94. The lowest BCUT2D eigenvalue weighted by Gasteiger charge is -2.33.